The van der Waals surface area contributed by atoms with Gasteiger partial charge in [0.25, 0.3) is 0 Å². The second-order valence-electron chi connectivity index (χ2n) is 23.3. The Labute approximate surface area is 568 Å². The third kappa shape index (κ3) is 29.9. The molecule has 23 N–H and O–H groups in total. The normalized spacial score (nSPS) is 15.7. The van der Waals surface area contributed by atoms with Crippen LogP contribution in [0.4, 0.5) is 0 Å². The van der Waals surface area contributed by atoms with Crippen molar-refractivity contribution in [1.82, 2.24) is 73.8 Å². The monoisotopic (exact) mass is 1410 g/mol. The summed E-state index contributed by atoms with van der Waals surface area (Å²) < 4.78 is 0. The highest BCUT2D eigenvalue weighted by Crippen LogP contribution is 2.15. The standard InChI is InChI=1S/C60H94N16O21S/c1-9-28(3)46(62)56(92)65-24-43(82)68-38(19-20-98-8)52(88)69-37(16-18-45(84)85)51(87)73-41(26-77)55(91)67-30(5)50(86)64-25-44(83)74-47(29(4)10-2)57(93)71-39(22-34-23-63-27-66-34)54(90)70-36(15-17-42(61)81)53(89)75-49(32(7)79)59(95)76-48(31(6)78)58(94)72-40(60(96)97)21-33-11-13-35(80)14-12-33/h11-14,23,27-32,36-41,46-49,77-80H,9-10,15-22,24-26,62H2,1-8H3,(H2,61,81)(H,63,66)(H,64,86)(H,65,92)(H,67,91)(H,68,82)(H,69,88)(H,70,90)(H,71,93)(H,72,94)(H,73,87)(H,74,83)(H,75,89)(H,76,95)(H,84,85)(H,96,97)/t28-,29-,30-,31+,32+,36-,37-,38-,39-,40-,41-,46-,47-,48-,49-/m0/s1. The minimum absolute atomic E-state index is 0.0192. The van der Waals surface area contributed by atoms with Gasteiger partial charge < -0.3 is 111 Å². The van der Waals surface area contributed by atoms with E-state index >= 15 is 0 Å². The van der Waals surface area contributed by atoms with Gasteiger partial charge in [-0.2, -0.15) is 11.8 Å². The second kappa shape index (κ2) is 42.9. The third-order valence-electron chi connectivity index (χ3n) is 15.4. The number of carbonyl (C=O) groups is 15. The highest BCUT2D eigenvalue weighted by molar-refractivity contribution is 7.98. The maximum Gasteiger partial charge on any atom is 0.326 e. The van der Waals surface area contributed by atoms with Crippen LogP contribution in [-0.4, -0.2) is 240 Å². The summed E-state index contributed by atoms with van der Waals surface area (Å²) in [6.07, 6.45) is -1.33. The van der Waals surface area contributed by atoms with E-state index in [0.29, 0.717) is 17.7 Å². The van der Waals surface area contributed by atoms with E-state index in [1.165, 1.54) is 48.6 Å². The number of imidazole rings is 1. The summed E-state index contributed by atoms with van der Waals surface area (Å²) in [5.74, 6) is -16.9. The predicted octanol–water partition coefficient (Wildman–Crippen LogP) is -6.86. The van der Waals surface area contributed by atoms with E-state index in [4.69, 9.17) is 11.5 Å². The fourth-order valence-corrected chi connectivity index (χ4v) is 9.47. The van der Waals surface area contributed by atoms with Gasteiger partial charge in [-0.3, -0.25) is 67.1 Å². The van der Waals surface area contributed by atoms with Crippen molar-refractivity contribution in [2.75, 3.05) is 31.7 Å². The Balaban J connectivity index is 2.25. The van der Waals surface area contributed by atoms with Crippen LogP contribution in [0.3, 0.4) is 0 Å². The first-order valence-electron chi connectivity index (χ1n) is 31.3. The van der Waals surface area contributed by atoms with Crippen LogP contribution in [0.15, 0.2) is 36.8 Å². The van der Waals surface area contributed by atoms with Gasteiger partial charge in [-0.05, 0) is 81.6 Å². The van der Waals surface area contributed by atoms with Gasteiger partial charge in [-0.25, -0.2) is 9.78 Å². The number of aromatic amines is 1. The number of rotatable bonds is 45. The van der Waals surface area contributed by atoms with Crippen molar-refractivity contribution in [3.63, 3.8) is 0 Å². The second-order valence-corrected chi connectivity index (χ2v) is 24.3. The lowest BCUT2D eigenvalue weighted by atomic mass is 9.97. The van der Waals surface area contributed by atoms with Crippen LogP contribution in [0.25, 0.3) is 0 Å². The summed E-state index contributed by atoms with van der Waals surface area (Å²) in [6, 6.07) is -12.1. The van der Waals surface area contributed by atoms with Gasteiger partial charge in [0.2, 0.25) is 76.8 Å². The molecule has 2 rings (SSSR count). The van der Waals surface area contributed by atoms with Crippen LogP contribution in [-0.2, 0) is 84.8 Å². The maximum absolute atomic E-state index is 14.3. The van der Waals surface area contributed by atoms with Crippen LogP contribution in [0, 0.1) is 11.8 Å². The first-order valence-corrected chi connectivity index (χ1v) is 32.7. The summed E-state index contributed by atoms with van der Waals surface area (Å²) in [5, 5.41) is 88.4. The number of phenolic OH excluding ortho intramolecular Hbond substituents is 1. The number of H-pyrrole nitrogens is 1. The van der Waals surface area contributed by atoms with E-state index in [-0.39, 0.29) is 43.0 Å². The summed E-state index contributed by atoms with van der Waals surface area (Å²) in [5.41, 5.74) is 12.0. The Hall–Kier alpha value is -9.53. The van der Waals surface area contributed by atoms with Gasteiger partial charge in [0, 0.05) is 37.6 Å². The molecule has 0 aliphatic carbocycles. The number of phenols is 1. The Morgan fingerprint density at radius 2 is 0.990 bits per heavy atom. The zero-order chi connectivity index (χ0) is 74.1. The van der Waals surface area contributed by atoms with E-state index in [0.717, 1.165) is 20.8 Å². The molecule has 0 saturated carbocycles. The number of aliphatic carboxylic acids is 2. The van der Waals surface area contributed by atoms with Gasteiger partial charge in [0.05, 0.1) is 44.3 Å². The molecular formula is C60H94N16O21S. The lowest BCUT2D eigenvalue weighted by Gasteiger charge is -2.29. The number of hydrogen-bond donors (Lipinski definition) is 21. The van der Waals surface area contributed by atoms with Crippen molar-refractivity contribution in [3.8, 4) is 5.75 Å². The number of hydrogen-bond acceptors (Lipinski definition) is 22. The molecule has 2 aromatic rings. The fraction of sp³-hybridized carbons (Fsp3) is 0.600. The van der Waals surface area contributed by atoms with E-state index in [1.807, 2.05) is 6.92 Å². The Bertz CT molecular complexity index is 3050. The molecule has 0 radical (unpaired) electrons. The number of nitrogens with one attached hydrogen (secondary N) is 13. The molecule has 0 bridgehead atoms. The quantitative estimate of drug-likeness (QED) is 0.0293. The van der Waals surface area contributed by atoms with Gasteiger partial charge in [-0.15, -0.1) is 0 Å². The van der Waals surface area contributed by atoms with E-state index in [9.17, 15) is 103 Å². The summed E-state index contributed by atoms with van der Waals surface area (Å²) in [4.78, 5) is 205. The molecule has 38 heteroatoms. The number of aliphatic hydroxyl groups excluding tert-OH is 3. The maximum atomic E-state index is 14.3. The van der Waals surface area contributed by atoms with Gasteiger partial charge >= 0.3 is 11.9 Å². The molecular weight excluding hydrogens is 1310 g/mol. The summed E-state index contributed by atoms with van der Waals surface area (Å²) in [6.45, 7) is 7.64. The number of carboxylic acids is 2. The number of aromatic nitrogens is 2. The molecule has 1 heterocycles. The lowest BCUT2D eigenvalue weighted by Crippen LogP contribution is -2.63. The Kier molecular flexibility index (Phi) is 37.0. The molecule has 1 aromatic heterocycles. The van der Waals surface area contributed by atoms with Crippen molar-refractivity contribution in [2.24, 2.45) is 23.3 Å². The zero-order valence-corrected chi connectivity index (χ0v) is 56.5. The molecule has 0 spiro atoms. The number of amides is 13. The third-order valence-corrected chi connectivity index (χ3v) is 16.0. The summed E-state index contributed by atoms with van der Waals surface area (Å²) in [7, 11) is 0. The average Bonchev–Trinajstić information content (AvgIpc) is 0.920. The lowest BCUT2D eigenvalue weighted by molar-refractivity contribution is -0.143. The average molecular weight is 1410 g/mol. The minimum Gasteiger partial charge on any atom is -0.508 e. The topological polar surface area (TPSA) is 603 Å². The molecule has 0 fully saturated rings. The molecule has 98 heavy (non-hydrogen) atoms. The molecule has 13 amide bonds. The highest BCUT2D eigenvalue weighted by atomic mass is 32.2. The number of aliphatic hydroxyl groups is 3. The molecule has 546 valence electrons. The number of nitrogens with two attached hydrogens (primary N) is 2. The summed E-state index contributed by atoms with van der Waals surface area (Å²) >= 11 is 1.31. The Morgan fingerprint density at radius 3 is 1.49 bits per heavy atom. The number of carbonyl (C=O) groups excluding carboxylic acids is 13. The number of primary amides is 1. The van der Waals surface area contributed by atoms with E-state index in [2.05, 4.69) is 73.8 Å². The van der Waals surface area contributed by atoms with Crippen molar-refractivity contribution >= 4 is 100 Å². The minimum atomic E-state index is -1.96. The van der Waals surface area contributed by atoms with Crippen molar-refractivity contribution in [2.45, 2.75) is 185 Å². The molecule has 0 aliphatic rings. The number of aromatic hydroxyl groups is 1. The number of benzene rings is 1. The van der Waals surface area contributed by atoms with Crippen LogP contribution >= 0.6 is 11.8 Å². The highest BCUT2D eigenvalue weighted by Gasteiger charge is 2.38. The van der Waals surface area contributed by atoms with Gasteiger partial charge in [0.1, 0.15) is 66.2 Å². The van der Waals surface area contributed by atoms with E-state index in [1.54, 1.807) is 27.0 Å². The molecule has 15 atom stereocenters. The van der Waals surface area contributed by atoms with Crippen molar-refractivity contribution in [3.05, 3.63) is 48.0 Å². The smallest absolute Gasteiger partial charge is 0.326 e. The first kappa shape index (κ1) is 84.6. The number of carboxylic acid groups (broad SMARTS) is 2. The largest absolute Gasteiger partial charge is 0.508 e. The molecule has 0 saturated heterocycles. The van der Waals surface area contributed by atoms with Crippen LogP contribution < -0.4 is 75.3 Å². The molecule has 0 unspecified atom stereocenters. The SMILES string of the molecule is CC[C@H](C)[C@H](N)C(=O)NCC(=O)N[C@@H](CCSC)C(=O)N[C@@H](CCC(=O)O)C(=O)N[C@@H](CO)C(=O)N[C@@H](C)C(=O)NCC(=O)N[C@H](C(=O)N[C@@H](Cc1cnc[nH]1)C(=O)N[C@@H](CCC(N)=O)C(=O)N[C@H](C(=O)N[C@H](C(=O)N[C@@H](Cc1ccc(O)cc1)C(=O)O)[C@@H](C)O)[C@@H](C)O)[C@@H](C)CC. The molecule has 37 nitrogen and oxygen atoms in total. The van der Waals surface area contributed by atoms with Gasteiger partial charge in [-0.1, -0.05) is 52.7 Å². The zero-order valence-electron chi connectivity index (χ0n) is 55.6. The Morgan fingerprint density at radius 1 is 0.531 bits per heavy atom. The number of nitrogens with zero attached hydrogens (tertiary/aromatic N) is 1. The molecule has 1 aromatic carbocycles. The predicted molar refractivity (Wildman–Crippen MR) is 348 cm³/mol. The number of thioether (sulfide) groups is 1. The van der Waals surface area contributed by atoms with Crippen molar-refractivity contribution in [1.29, 1.82) is 0 Å². The molecule has 0 aliphatic heterocycles. The van der Waals surface area contributed by atoms with Crippen LogP contribution in [0.2, 0.25) is 0 Å². The van der Waals surface area contributed by atoms with Crippen LogP contribution in [0.1, 0.15) is 105 Å². The van der Waals surface area contributed by atoms with Gasteiger partial charge in [0.15, 0.2) is 0 Å². The first-order chi connectivity index (χ1) is 46.1. The fourth-order valence-electron chi connectivity index (χ4n) is 9.00. The van der Waals surface area contributed by atoms with E-state index < -0.39 is 219 Å². The van der Waals surface area contributed by atoms with Crippen LogP contribution in [0.5, 0.6) is 5.75 Å². The van der Waals surface area contributed by atoms with Crippen molar-refractivity contribution < 1.29 is 103 Å².